The van der Waals surface area contributed by atoms with Gasteiger partial charge < -0.3 is 9.64 Å². The van der Waals surface area contributed by atoms with Crippen molar-refractivity contribution in [2.45, 2.75) is 64.0 Å². The van der Waals surface area contributed by atoms with Crippen LogP contribution in [0.15, 0.2) is 79.1 Å². The lowest BCUT2D eigenvalue weighted by atomic mass is 9.87. The average Bonchev–Trinajstić information content (AvgIpc) is 3.38. The number of aryl methyl sites for hydroxylation is 1. The van der Waals surface area contributed by atoms with E-state index in [1.54, 1.807) is 35.3 Å². The molecule has 2 aromatic heterocycles. The Bertz CT molecular complexity index is 1380. The van der Waals surface area contributed by atoms with Crippen LogP contribution in [-0.4, -0.2) is 48.9 Å². The molecule has 3 heterocycles. The van der Waals surface area contributed by atoms with Crippen LogP contribution in [0, 0.1) is 5.82 Å². The van der Waals surface area contributed by atoms with E-state index in [2.05, 4.69) is 22.1 Å². The van der Waals surface area contributed by atoms with E-state index in [4.69, 9.17) is 9.84 Å². The largest absolute Gasteiger partial charge is 0.444 e. The average molecular weight is 528 g/mol. The zero-order valence-electron chi connectivity index (χ0n) is 22.6. The van der Waals surface area contributed by atoms with E-state index < -0.39 is 5.60 Å². The molecule has 2 aromatic carbocycles. The second-order valence-electron chi connectivity index (χ2n) is 11.0. The van der Waals surface area contributed by atoms with Crippen molar-refractivity contribution in [3.05, 3.63) is 96.2 Å². The molecule has 2 unspecified atom stereocenters. The molecule has 2 atom stereocenters. The van der Waals surface area contributed by atoms with Crippen LogP contribution in [0.3, 0.4) is 0 Å². The van der Waals surface area contributed by atoms with Gasteiger partial charge in [-0.1, -0.05) is 30.3 Å². The van der Waals surface area contributed by atoms with Gasteiger partial charge in [-0.25, -0.2) is 23.8 Å². The lowest BCUT2D eigenvalue weighted by Gasteiger charge is -2.40. The number of rotatable bonds is 6. The molecule has 5 rings (SSSR count). The van der Waals surface area contributed by atoms with E-state index in [-0.39, 0.29) is 23.9 Å². The Labute approximate surface area is 228 Å². The molecule has 7 nitrogen and oxygen atoms in total. The van der Waals surface area contributed by atoms with E-state index in [0.29, 0.717) is 18.2 Å². The summed E-state index contributed by atoms with van der Waals surface area (Å²) in [5.74, 6) is 0.151. The van der Waals surface area contributed by atoms with Crippen molar-refractivity contribution >= 4 is 6.09 Å². The molecule has 202 valence electrons. The van der Waals surface area contributed by atoms with Gasteiger partial charge in [-0.05, 0) is 88.4 Å². The molecule has 1 fully saturated rings. The smallest absolute Gasteiger partial charge is 0.410 e. The first-order valence-electron chi connectivity index (χ1n) is 13.4. The first-order chi connectivity index (χ1) is 18.8. The number of carbonyl (C=O) groups is 1. The zero-order valence-corrected chi connectivity index (χ0v) is 22.6. The number of amides is 1. The van der Waals surface area contributed by atoms with Gasteiger partial charge in [0, 0.05) is 36.5 Å². The summed E-state index contributed by atoms with van der Waals surface area (Å²) >= 11 is 0. The summed E-state index contributed by atoms with van der Waals surface area (Å²) in [5, 5.41) is 4.81. The number of nitrogens with zero attached hydrogens (tertiary/aromatic N) is 5. The highest BCUT2D eigenvalue weighted by atomic mass is 19.1. The predicted molar refractivity (Wildman–Crippen MR) is 148 cm³/mol. The number of benzene rings is 2. The third kappa shape index (κ3) is 6.50. The van der Waals surface area contributed by atoms with Crippen molar-refractivity contribution in [3.8, 4) is 17.2 Å². The van der Waals surface area contributed by atoms with Gasteiger partial charge in [-0.3, -0.25) is 0 Å². The van der Waals surface area contributed by atoms with E-state index in [0.717, 1.165) is 36.9 Å². The molecule has 39 heavy (non-hydrogen) atoms. The van der Waals surface area contributed by atoms with Crippen LogP contribution < -0.4 is 0 Å². The monoisotopic (exact) mass is 527 g/mol. The second kappa shape index (κ2) is 11.4. The van der Waals surface area contributed by atoms with E-state index >= 15 is 0 Å². The fourth-order valence-corrected chi connectivity index (χ4v) is 5.10. The molecule has 1 aliphatic heterocycles. The Kier molecular flexibility index (Phi) is 7.72. The van der Waals surface area contributed by atoms with Crippen molar-refractivity contribution in [3.63, 3.8) is 0 Å². The fraction of sp³-hybridized carbons (Fsp3) is 0.355. The predicted octanol–water partition coefficient (Wildman–Crippen LogP) is 6.58. The maximum absolute atomic E-state index is 13.6. The second-order valence-corrected chi connectivity index (χ2v) is 11.0. The van der Waals surface area contributed by atoms with Crippen LogP contribution in [-0.2, 0) is 11.2 Å². The summed E-state index contributed by atoms with van der Waals surface area (Å²) in [6, 6.07) is 20.5. The molecular weight excluding hydrogens is 493 g/mol. The Balaban J connectivity index is 1.45. The van der Waals surface area contributed by atoms with Crippen molar-refractivity contribution in [1.29, 1.82) is 0 Å². The van der Waals surface area contributed by atoms with Gasteiger partial charge in [0.1, 0.15) is 11.4 Å². The third-order valence-corrected chi connectivity index (χ3v) is 6.98. The van der Waals surface area contributed by atoms with Crippen LogP contribution in [0.5, 0.6) is 0 Å². The lowest BCUT2D eigenvalue weighted by Crippen LogP contribution is -2.48. The summed E-state index contributed by atoms with van der Waals surface area (Å²) in [5.41, 5.74) is 3.08. The van der Waals surface area contributed by atoms with Crippen LogP contribution >= 0.6 is 0 Å². The first kappa shape index (κ1) is 26.5. The van der Waals surface area contributed by atoms with Crippen LogP contribution in [0.2, 0.25) is 0 Å². The summed E-state index contributed by atoms with van der Waals surface area (Å²) in [6.45, 7) is 6.17. The fourth-order valence-electron chi connectivity index (χ4n) is 5.10. The first-order valence-corrected chi connectivity index (χ1v) is 13.4. The van der Waals surface area contributed by atoms with E-state index in [1.165, 1.54) is 17.7 Å². The van der Waals surface area contributed by atoms with Gasteiger partial charge in [-0.2, -0.15) is 5.10 Å². The number of hydrogen-bond donors (Lipinski definition) is 0. The zero-order chi connectivity index (χ0) is 27.4. The maximum atomic E-state index is 13.6. The SMILES string of the molecule is CC(C)(C)OC(=O)N1CC(c2cc(-c3ccc(F)cc3)nn2-c2ncccn2)CCC1CCc1ccccc1. The summed E-state index contributed by atoms with van der Waals surface area (Å²) < 4.78 is 21.2. The highest BCUT2D eigenvalue weighted by Crippen LogP contribution is 2.35. The quantitative estimate of drug-likeness (QED) is 0.283. The minimum absolute atomic E-state index is 0.00371. The van der Waals surface area contributed by atoms with E-state index in [9.17, 15) is 9.18 Å². The molecule has 4 aromatic rings. The molecule has 1 aliphatic rings. The minimum atomic E-state index is -0.594. The number of aromatic nitrogens is 4. The molecule has 0 bridgehead atoms. The molecule has 0 saturated carbocycles. The van der Waals surface area contributed by atoms with Gasteiger partial charge in [0.15, 0.2) is 0 Å². The third-order valence-electron chi connectivity index (χ3n) is 6.98. The highest BCUT2D eigenvalue weighted by molar-refractivity contribution is 5.69. The normalized spacial score (nSPS) is 17.7. The maximum Gasteiger partial charge on any atom is 0.410 e. The Hall–Kier alpha value is -4.07. The number of ether oxygens (including phenoxy) is 1. The molecule has 0 spiro atoms. The number of hydrogen-bond acceptors (Lipinski definition) is 5. The van der Waals surface area contributed by atoms with Gasteiger partial charge in [0.25, 0.3) is 5.95 Å². The molecule has 8 heteroatoms. The molecule has 0 aliphatic carbocycles. The lowest BCUT2D eigenvalue weighted by molar-refractivity contribution is 0.00610. The topological polar surface area (TPSA) is 73.1 Å². The van der Waals surface area contributed by atoms with Crippen molar-refractivity contribution < 1.29 is 13.9 Å². The Morgan fingerprint density at radius 2 is 1.72 bits per heavy atom. The molecule has 0 N–H and O–H groups in total. The molecular formula is C31H34FN5O2. The molecule has 1 saturated heterocycles. The van der Waals surface area contributed by atoms with Gasteiger partial charge in [-0.15, -0.1) is 0 Å². The van der Waals surface area contributed by atoms with E-state index in [1.807, 2.05) is 49.9 Å². The number of piperidine rings is 1. The summed E-state index contributed by atoms with van der Waals surface area (Å²) in [7, 11) is 0. The number of likely N-dealkylation sites (tertiary alicyclic amines) is 1. The molecule has 1 amide bonds. The van der Waals surface area contributed by atoms with Crippen molar-refractivity contribution in [2.75, 3.05) is 6.54 Å². The van der Waals surface area contributed by atoms with Gasteiger partial charge in [0.05, 0.1) is 11.4 Å². The Morgan fingerprint density at radius 3 is 2.41 bits per heavy atom. The number of carbonyl (C=O) groups excluding carboxylic acids is 1. The Morgan fingerprint density at radius 1 is 1.00 bits per heavy atom. The van der Waals surface area contributed by atoms with Gasteiger partial charge in [0.2, 0.25) is 0 Å². The van der Waals surface area contributed by atoms with Crippen LogP contribution in [0.25, 0.3) is 17.2 Å². The van der Waals surface area contributed by atoms with Gasteiger partial charge >= 0.3 is 6.09 Å². The molecule has 0 radical (unpaired) electrons. The van der Waals surface area contributed by atoms with Crippen molar-refractivity contribution in [1.82, 2.24) is 24.6 Å². The standard InChI is InChI=1S/C31H34FN5O2/c1-31(2,3)39-30(38)36-21-24(13-17-26(36)16-10-22-8-5-4-6-9-22)28-20-27(23-11-14-25(32)15-12-23)35-37(28)29-33-18-7-19-34-29/h4-9,11-12,14-15,18-20,24,26H,10,13,16-17,21H2,1-3H3. The highest BCUT2D eigenvalue weighted by Gasteiger charge is 2.36. The van der Waals surface area contributed by atoms with Crippen LogP contribution in [0.4, 0.5) is 9.18 Å². The van der Waals surface area contributed by atoms with Crippen molar-refractivity contribution in [2.24, 2.45) is 0 Å². The summed E-state index contributed by atoms with van der Waals surface area (Å²) in [4.78, 5) is 24.2. The number of halogens is 1. The minimum Gasteiger partial charge on any atom is -0.444 e. The summed E-state index contributed by atoms with van der Waals surface area (Å²) in [6.07, 6.45) is 6.52. The van der Waals surface area contributed by atoms with Crippen LogP contribution in [0.1, 0.15) is 57.2 Å².